The number of aromatic nitrogens is 4. The average molecular weight is 408 g/mol. The summed E-state index contributed by atoms with van der Waals surface area (Å²) in [5.41, 5.74) is 1.28. The Morgan fingerprint density at radius 3 is 2.96 bits per heavy atom. The van der Waals surface area contributed by atoms with E-state index in [2.05, 4.69) is 15.2 Å². The fourth-order valence-electron chi connectivity index (χ4n) is 3.07. The molecule has 0 amide bonds. The summed E-state index contributed by atoms with van der Waals surface area (Å²) in [7, 11) is -1.13. The minimum Gasteiger partial charge on any atom is -0.444 e. The van der Waals surface area contributed by atoms with Crippen LogP contribution in [0.5, 0.6) is 0 Å². The highest BCUT2D eigenvalue weighted by Gasteiger charge is 2.32. The van der Waals surface area contributed by atoms with Crippen molar-refractivity contribution >= 4 is 21.6 Å². The Kier molecular flexibility index (Phi) is 4.77. The monoisotopic (exact) mass is 408 g/mol. The zero-order valence-corrected chi connectivity index (χ0v) is 16.1. The summed E-state index contributed by atoms with van der Waals surface area (Å²) < 4.78 is 44.0. The maximum Gasteiger partial charge on any atom is 0.226 e. The van der Waals surface area contributed by atoms with Gasteiger partial charge in [0.1, 0.15) is 17.9 Å². The molecule has 1 unspecified atom stereocenters. The average Bonchev–Trinajstić information content (AvgIpc) is 3.32. The number of oxazole rings is 1. The van der Waals surface area contributed by atoms with Crippen LogP contribution in [-0.2, 0) is 22.6 Å². The van der Waals surface area contributed by atoms with Crippen LogP contribution in [0.4, 0.5) is 4.39 Å². The van der Waals surface area contributed by atoms with Crippen molar-refractivity contribution in [1.82, 2.24) is 19.7 Å². The maximum absolute atomic E-state index is 13.3. The second-order valence-electron chi connectivity index (χ2n) is 6.44. The van der Waals surface area contributed by atoms with E-state index in [9.17, 15) is 12.8 Å². The van der Waals surface area contributed by atoms with E-state index in [-0.39, 0.29) is 23.2 Å². The molecule has 1 aliphatic rings. The third kappa shape index (κ3) is 3.91. The Balaban J connectivity index is 1.44. The number of benzene rings is 1. The third-order valence-corrected chi connectivity index (χ3v) is 7.26. The number of nitrogens with zero attached hydrogens (tertiary/aromatic N) is 4. The minimum absolute atomic E-state index is 0.103. The molecule has 10 heteroatoms. The van der Waals surface area contributed by atoms with E-state index in [1.165, 1.54) is 30.2 Å². The lowest BCUT2D eigenvalue weighted by Gasteiger charge is -2.07. The van der Waals surface area contributed by atoms with Crippen molar-refractivity contribution in [3.05, 3.63) is 47.9 Å². The fraction of sp³-hybridized carbons (Fsp3) is 0.353. The van der Waals surface area contributed by atoms with Crippen LogP contribution in [0.1, 0.15) is 23.9 Å². The lowest BCUT2D eigenvalue weighted by molar-refractivity contribution is 0.571. The molecule has 1 saturated heterocycles. The van der Waals surface area contributed by atoms with Crippen molar-refractivity contribution in [3.63, 3.8) is 0 Å². The van der Waals surface area contributed by atoms with E-state index in [1.807, 2.05) is 11.6 Å². The van der Waals surface area contributed by atoms with Gasteiger partial charge in [0.05, 0.1) is 17.2 Å². The number of hydrogen-bond donors (Lipinski definition) is 0. The quantitative estimate of drug-likeness (QED) is 0.600. The van der Waals surface area contributed by atoms with Gasteiger partial charge in [0.15, 0.2) is 15.0 Å². The van der Waals surface area contributed by atoms with Crippen molar-refractivity contribution in [2.45, 2.75) is 23.2 Å². The first kappa shape index (κ1) is 18.2. The van der Waals surface area contributed by atoms with Gasteiger partial charge in [-0.3, -0.25) is 0 Å². The molecule has 1 fully saturated rings. The molecule has 2 aromatic heterocycles. The number of sulfone groups is 1. The molecule has 4 rings (SSSR count). The van der Waals surface area contributed by atoms with E-state index >= 15 is 0 Å². The van der Waals surface area contributed by atoms with Crippen molar-refractivity contribution in [3.8, 4) is 11.5 Å². The first-order valence-corrected chi connectivity index (χ1v) is 11.1. The van der Waals surface area contributed by atoms with Crippen LogP contribution in [0.15, 0.2) is 40.1 Å². The molecule has 0 N–H and O–H groups in total. The molecule has 0 saturated carbocycles. The summed E-state index contributed by atoms with van der Waals surface area (Å²) in [5, 5.41) is 9.04. The fourth-order valence-corrected chi connectivity index (χ4v) is 5.61. The lowest BCUT2D eigenvalue weighted by Crippen LogP contribution is -2.09. The van der Waals surface area contributed by atoms with E-state index in [4.69, 9.17) is 4.42 Å². The van der Waals surface area contributed by atoms with E-state index in [0.29, 0.717) is 40.3 Å². The van der Waals surface area contributed by atoms with Crippen LogP contribution in [0.25, 0.3) is 11.5 Å². The first-order chi connectivity index (χ1) is 12.9. The predicted molar refractivity (Wildman–Crippen MR) is 98.5 cm³/mol. The highest BCUT2D eigenvalue weighted by molar-refractivity contribution is 7.98. The molecule has 1 atom stereocenters. The SMILES string of the molecule is Cn1c(SCc2coc(-c3cccc(F)c3)n2)nnc1C1CCS(=O)(=O)C1. The van der Waals surface area contributed by atoms with Crippen LogP contribution in [0, 0.1) is 5.82 Å². The van der Waals surface area contributed by atoms with Gasteiger partial charge >= 0.3 is 0 Å². The van der Waals surface area contributed by atoms with Gasteiger partial charge in [-0.25, -0.2) is 17.8 Å². The topological polar surface area (TPSA) is 90.9 Å². The van der Waals surface area contributed by atoms with Gasteiger partial charge in [-0.1, -0.05) is 17.8 Å². The molecular weight excluding hydrogens is 391 g/mol. The third-order valence-electron chi connectivity index (χ3n) is 4.44. The van der Waals surface area contributed by atoms with Gasteiger partial charge in [0.25, 0.3) is 0 Å². The Morgan fingerprint density at radius 1 is 1.37 bits per heavy atom. The molecule has 3 heterocycles. The summed E-state index contributed by atoms with van der Waals surface area (Å²) in [5.74, 6) is 1.45. The molecule has 1 aliphatic heterocycles. The van der Waals surface area contributed by atoms with Gasteiger partial charge in [0, 0.05) is 24.3 Å². The Morgan fingerprint density at radius 2 is 2.22 bits per heavy atom. The number of halogens is 1. The minimum atomic E-state index is -2.97. The highest BCUT2D eigenvalue weighted by Crippen LogP contribution is 2.30. The summed E-state index contributed by atoms with van der Waals surface area (Å²) in [6.07, 6.45) is 2.12. The molecule has 3 aromatic rings. The van der Waals surface area contributed by atoms with Crippen molar-refractivity contribution < 1.29 is 17.2 Å². The Hall–Kier alpha value is -2.20. The maximum atomic E-state index is 13.3. The molecule has 27 heavy (non-hydrogen) atoms. The summed E-state index contributed by atoms with van der Waals surface area (Å²) >= 11 is 1.43. The van der Waals surface area contributed by atoms with Gasteiger partial charge in [-0.15, -0.1) is 10.2 Å². The standard InChI is InChI=1S/C17H17FN4O3S2/c1-22-15(12-5-6-27(23,24)10-12)20-21-17(22)26-9-14-8-25-16(19-14)11-3-2-4-13(18)7-11/h2-4,7-8,12H,5-6,9-10H2,1H3. The summed E-state index contributed by atoms with van der Waals surface area (Å²) in [6.45, 7) is 0. The molecular formula is C17H17FN4O3S2. The Bertz CT molecular complexity index is 1080. The molecule has 0 radical (unpaired) electrons. The normalized spacial score (nSPS) is 18.8. The number of rotatable bonds is 5. The number of hydrogen-bond acceptors (Lipinski definition) is 7. The van der Waals surface area contributed by atoms with Gasteiger partial charge in [0.2, 0.25) is 5.89 Å². The van der Waals surface area contributed by atoms with Gasteiger partial charge in [-0.2, -0.15) is 0 Å². The van der Waals surface area contributed by atoms with Gasteiger partial charge in [-0.05, 0) is 24.6 Å². The highest BCUT2D eigenvalue weighted by atomic mass is 32.2. The summed E-state index contributed by atoms with van der Waals surface area (Å²) in [4.78, 5) is 4.38. The molecule has 0 spiro atoms. The van der Waals surface area contributed by atoms with E-state index in [1.54, 1.807) is 12.1 Å². The molecule has 7 nitrogen and oxygen atoms in total. The Labute approximate surface area is 159 Å². The van der Waals surface area contributed by atoms with Crippen LogP contribution in [0.2, 0.25) is 0 Å². The lowest BCUT2D eigenvalue weighted by atomic mass is 10.1. The molecule has 1 aromatic carbocycles. The number of thioether (sulfide) groups is 1. The van der Waals surface area contributed by atoms with Crippen LogP contribution in [-0.4, -0.2) is 39.7 Å². The van der Waals surface area contributed by atoms with Crippen molar-refractivity contribution in [2.24, 2.45) is 7.05 Å². The zero-order valence-electron chi connectivity index (χ0n) is 14.5. The first-order valence-electron chi connectivity index (χ1n) is 8.34. The predicted octanol–water partition coefficient (Wildman–Crippen LogP) is 2.80. The largest absolute Gasteiger partial charge is 0.444 e. The van der Waals surface area contributed by atoms with Crippen LogP contribution < -0.4 is 0 Å². The smallest absolute Gasteiger partial charge is 0.226 e. The van der Waals surface area contributed by atoms with E-state index in [0.717, 1.165) is 0 Å². The second-order valence-corrected chi connectivity index (χ2v) is 9.61. The van der Waals surface area contributed by atoms with Crippen molar-refractivity contribution in [2.75, 3.05) is 11.5 Å². The van der Waals surface area contributed by atoms with E-state index < -0.39 is 9.84 Å². The summed E-state index contributed by atoms with van der Waals surface area (Å²) in [6, 6.07) is 6.07. The van der Waals surface area contributed by atoms with Gasteiger partial charge < -0.3 is 8.98 Å². The zero-order chi connectivity index (χ0) is 19.0. The van der Waals surface area contributed by atoms with Crippen molar-refractivity contribution in [1.29, 1.82) is 0 Å². The van der Waals surface area contributed by atoms with Crippen LogP contribution in [0.3, 0.4) is 0 Å². The second kappa shape index (κ2) is 7.08. The molecule has 142 valence electrons. The molecule has 0 bridgehead atoms. The molecule has 0 aliphatic carbocycles. The van der Waals surface area contributed by atoms with Crippen LogP contribution >= 0.6 is 11.8 Å².